The van der Waals surface area contributed by atoms with Gasteiger partial charge in [-0.25, -0.2) is 0 Å². The molecule has 4 nitrogen and oxygen atoms in total. The molecule has 0 unspecified atom stereocenters. The molecule has 2 N–H and O–H groups in total. The lowest BCUT2D eigenvalue weighted by molar-refractivity contribution is -0.122. The number of carbonyl (C=O) groups is 1. The number of halogens is 1. The van der Waals surface area contributed by atoms with Crippen LogP contribution in [0.15, 0.2) is 30.9 Å². The summed E-state index contributed by atoms with van der Waals surface area (Å²) in [5.74, 6) is 0.489. The van der Waals surface area contributed by atoms with Gasteiger partial charge in [0.1, 0.15) is 5.75 Å². The maximum absolute atomic E-state index is 11.4. The third-order valence-corrected chi connectivity index (χ3v) is 2.63. The predicted octanol–water partition coefficient (Wildman–Crippen LogP) is 2.13. The zero-order chi connectivity index (χ0) is 14.1. The SMILES string of the molecule is C=CCNC(=O)COc1ccc(Cl)cc1CNCC. The van der Waals surface area contributed by atoms with Gasteiger partial charge in [0, 0.05) is 23.7 Å². The number of ether oxygens (including phenoxy) is 1. The summed E-state index contributed by atoms with van der Waals surface area (Å²) in [5.41, 5.74) is 0.936. The summed E-state index contributed by atoms with van der Waals surface area (Å²) >= 11 is 5.95. The fourth-order valence-electron chi connectivity index (χ4n) is 1.47. The van der Waals surface area contributed by atoms with Gasteiger partial charge in [-0.3, -0.25) is 4.79 Å². The Balaban J connectivity index is 2.60. The first-order valence-corrected chi connectivity index (χ1v) is 6.54. The standard InChI is InChI=1S/C14H19ClN2O2/c1-3-7-17-14(18)10-19-13-6-5-12(15)8-11(13)9-16-4-2/h3,5-6,8,16H,1,4,7,9-10H2,2H3,(H,17,18). The van der Waals surface area contributed by atoms with Crippen molar-refractivity contribution in [2.75, 3.05) is 19.7 Å². The van der Waals surface area contributed by atoms with Gasteiger partial charge in [0.25, 0.3) is 5.91 Å². The van der Waals surface area contributed by atoms with E-state index in [2.05, 4.69) is 17.2 Å². The molecular weight excluding hydrogens is 264 g/mol. The number of benzene rings is 1. The van der Waals surface area contributed by atoms with E-state index in [1.54, 1.807) is 18.2 Å². The third-order valence-electron chi connectivity index (χ3n) is 2.39. The van der Waals surface area contributed by atoms with E-state index in [0.717, 1.165) is 12.1 Å². The fourth-order valence-corrected chi connectivity index (χ4v) is 1.66. The van der Waals surface area contributed by atoms with Crippen LogP contribution in [-0.4, -0.2) is 25.6 Å². The molecule has 0 heterocycles. The van der Waals surface area contributed by atoms with Crippen LogP contribution in [0.2, 0.25) is 5.02 Å². The molecule has 0 spiro atoms. The van der Waals surface area contributed by atoms with E-state index in [1.807, 2.05) is 13.0 Å². The molecule has 1 amide bonds. The maximum atomic E-state index is 11.4. The van der Waals surface area contributed by atoms with E-state index >= 15 is 0 Å². The first-order valence-electron chi connectivity index (χ1n) is 6.17. The molecule has 0 saturated heterocycles. The first kappa shape index (κ1) is 15.5. The highest BCUT2D eigenvalue weighted by molar-refractivity contribution is 6.30. The van der Waals surface area contributed by atoms with E-state index in [1.165, 1.54) is 0 Å². The van der Waals surface area contributed by atoms with Gasteiger partial charge >= 0.3 is 0 Å². The molecule has 0 radical (unpaired) electrons. The van der Waals surface area contributed by atoms with Crippen molar-refractivity contribution < 1.29 is 9.53 Å². The Labute approximate surface area is 118 Å². The van der Waals surface area contributed by atoms with Crippen molar-refractivity contribution in [3.05, 3.63) is 41.4 Å². The van der Waals surface area contributed by atoms with E-state index in [9.17, 15) is 4.79 Å². The van der Waals surface area contributed by atoms with Crippen LogP contribution >= 0.6 is 11.6 Å². The molecule has 0 fully saturated rings. The second-order valence-electron chi connectivity index (χ2n) is 3.91. The molecule has 0 atom stereocenters. The van der Waals surface area contributed by atoms with Gasteiger partial charge < -0.3 is 15.4 Å². The lowest BCUT2D eigenvalue weighted by Crippen LogP contribution is -2.29. The van der Waals surface area contributed by atoms with Gasteiger partial charge in [0.2, 0.25) is 0 Å². The van der Waals surface area contributed by atoms with Crippen LogP contribution in [0, 0.1) is 0 Å². The lowest BCUT2D eigenvalue weighted by Gasteiger charge is -2.12. The molecule has 1 aromatic carbocycles. The zero-order valence-electron chi connectivity index (χ0n) is 11.0. The van der Waals surface area contributed by atoms with Crippen molar-refractivity contribution >= 4 is 17.5 Å². The average Bonchev–Trinajstić information content (AvgIpc) is 2.41. The Hall–Kier alpha value is -1.52. The van der Waals surface area contributed by atoms with E-state index in [4.69, 9.17) is 16.3 Å². The van der Waals surface area contributed by atoms with Gasteiger partial charge in [-0.1, -0.05) is 24.6 Å². The van der Waals surface area contributed by atoms with Crippen LogP contribution in [0.4, 0.5) is 0 Å². The van der Waals surface area contributed by atoms with Crippen LogP contribution in [0.25, 0.3) is 0 Å². The lowest BCUT2D eigenvalue weighted by atomic mass is 10.2. The van der Waals surface area contributed by atoms with Gasteiger partial charge in [-0.05, 0) is 24.7 Å². The van der Waals surface area contributed by atoms with Crippen molar-refractivity contribution in [3.63, 3.8) is 0 Å². The fraction of sp³-hybridized carbons (Fsp3) is 0.357. The molecule has 104 valence electrons. The molecule has 0 aliphatic carbocycles. The van der Waals surface area contributed by atoms with Crippen molar-refractivity contribution in [2.24, 2.45) is 0 Å². The number of carbonyl (C=O) groups excluding carboxylic acids is 1. The molecule has 0 aromatic heterocycles. The summed E-state index contributed by atoms with van der Waals surface area (Å²) in [6, 6.07) is 5.35. The highest BCUT2D eigenvalue weighted by atomic mass is 35.5. The summed E-state index contributed by atoms with van der Waals surface area (Å²) in [4.78, 5) is 11.4. The summed E-state index contributed by atoms with van der Waals surface area (Å²) in [6.45, 7) is 7.48. The zero-order valence-corrected chi connectivity index (χ0v) is 11.8. The van der Waals surface area contributed by atoms with Crippen molar-refractivity contribution in [2.45, 2.75) is 13.5 Å². The Bertz CT molecular complexity index is 435. The Kier molecular flexibility index (Phi) is 7.00. The topological polar surface area (TPSA) is 50.4 Å². The van der Waals surface area contributed by atoms with Crippen LogP contribution in [-0.2, 0) is 11.3 Å². The second-order valence-corrected chi connectivity index (χ2v) is 4.35. The van der Waals surface area contributed by atoms with Crippen LogP contribution in [0.3, 0.4) is 0 Å². The molecule has 0 aliphatic heterocycles. The van der Waals surface area contributed by atoms with Gasteiger partial charge in [0.05, 0.1) is 0 Å². The number of nitrogens with one attached hydrogen (secondary N) is 2. The minimum absolute atomic E-state index is 0.0192. The Morgan fingerprint density at radius 1 is 1.53 bits per heavy atom. The van der Waals surface area contributed by atoms with E-state index in [0.29, 0.717) is 23.9 Å². The molecule has 5 heteroatoms. The first-order chi connectivity index (χ1) is 9.17. The van der Waals surface area contributed by atoms with Crippen molar-refractivity contribution in [1.82, 2.24) is 10.6 Å². The number of hydrogen-bond donors (Lipinski definition) is 2. The van der Waals surface area contributed by atoms with Crippen LogP contribution in [0.1, 0.15) is 12.5 Å². The molecule has 0 aliphatic rings. The summed E-state index contributed by atoms with van der Waals surface area (Å²) in [7, 11) is 0. The van der Waals surface area contributed by atoms with E-state index < -0.39 is 0 Å². The largest absolute Gasteiger partial charge is 0.483 e. The molecule has 1 aromatic rings. The second kappa shape index (κ2) is 8.56. The Morgan fingerprint density at radius 2 is 2.32 bits per heavy atom. The minimum atomic E-state index is -0.177. The summed E-state index contributed by atoms with van der Waals surface area (Å²) < 4.78 is 5.50. The highest BCUT2D eigenvalue weighted by Gasteiger charge is 2.07. The number of hydrogen-bond acceptors (Lipinski definition) is 3. The van der Waals surface area contributed by atoms with E-state index in [-0.39, 0.29) is 12.5 Å². The van der Waals surface area contributed by atoms with Crippen LogP contribution in [0.5, 0.6) is 5.75 Å². The number of rotatable bonds is 8. The van der Waals surface area contributed by atoms with Gasteiger partial charge in [-0.15, -0.1) is 6.58 Å². The monoisotopic (exact) mass is 282 g/mol. The van der Waals surface area contributed by atoms with Crippen molar-refractivity contribution in [3.8, 4) is 5.75 Å². The molecule has 0 bridgehead atoms. The smallest absolute Gasteiger partial charge is 0.258 e. The van der Waals surface area contributed by atoms with Gasteiger partial charge in [-0.2, -0.15) is 0 Å². The molecule has 1 rings (SSSR count). The summed E-state index contributed by atoms with van der Waals surface area (Å²) in [6.07, 6.45) is 1.62. The highest BCUT2D eigenvalue weighted by Crippen LogP contribution is 2.22. The predicted molar refractivity (Wildman–Crippen MR) is 77.5 cm³/mol. The number of amides is 1. The van der Waals surface area contributed by atoms with Crippen molar-refractivity contribution in [1.29, 1.82) is 0 Å². The Morgan fingerprint density at radius 3 is 3.00 bits per heavy atom. The summed E-state index contributed by atoms with van der Waals surface area (Å²) in [5, 5.41) is 6.50. The van der Waals surface area contributed by atoms with Gasteiger partial charge in [0.15, 0.2) is 6.61 Å². The average molecular weight is 283 g/mol. The van der Waals surface area contributed by atoms with Crippen LogP contribution < -0.4 is 15.4 Å². The normalized spacial score (nSPS) is 10.0. The molecular formula is C14H19ClN2O2. The molecule has 19 heavy (non-hydrogen) atoms. The third kappa shape index (κ3) is 5.77. The quantitative estimate of drug-likeness (QED) is 0.718. The maximum Gasteiger partial charge on any atom is 0.258 e. The minimum Gasteiger partial charge on any atom is -0.483 e. The molecule has 0 saturated carbocycles.